The van der Waals surface area contributed by atoms with Crippen LogP contribution >= 0.6 is 0 Å². The first kappa shape index (κ1) is 19.8. The van der Waals surface area contributed by atoms with Gasteiger partial charge in [0.05, 0.1) is 6.10 Å². The second-order valence-corrected chi connectivity index (χ2v) is 8.42. The van der Waals surface area contributed by atoms with E-state index in [0.717, 1.165) is 12.8 Å². The van der Waals surface area contributed by atoms with E-state index in [4.69, 9.17) is 14.2 Å². The SMILES string of the molecule is CO[C@@H]1O[C@@]2(OC)C=C[C@@H](C)[C@H]2[C@H]2[C@H]1[C@H](O)C[C@H]2/C(C)=C\CC=C(C)C. The molecule has 146 valence electrons. The molecule has 8 atom stereocenters. The Morgan fingerprint density at radius 1 is 1.23 bits per heavy atom. The van der Waals surface area contributed by atoms with Crippen LogP contribution in [-0.2, 0) is 14.2 Å². The molecule has 3 aliphatic rings. The number of methoxy groups -OCH3 is 2. The minimum atomic E-state index is -0.746. The van der Waals surface area contributed by atoms with Crippen LogP contribution in [0.5, 0.6) is 0 Å². The fraction of sp³-hybridized carbons (Fsp3) is 0.727. The summed E-state index contributed by atoms with van der Waals surface area (Å²) < 4.78 is 17.8. The highest BCUT2D eigenvalue weighted by molar-refractivity contribution is 5.23. The van der Waals surface area contributed by atoms with Crippen LogP contribution in [0.1, 0.15) is 40.5 Å². The van der Waals surface area contributed by atoms with Crippen molar-refractivity contribution >= 4 is 0 Å². The number of ether oxygens (including phenoxy) is 3. The van der Waals surface area contributed by atoms with Gasteiger partial charge in [0.25, 0.3) is 0 Å². The standard InChI is InChI=1S/C22H34O4/c1-13(2)8-7-9-14(3)16-12-17(23)19-18(16)20-15(4)10-11-22(20,25-6)26-21(19)24-5/h8-11,15-21,23H,7,12H2,1-6H3/b14-9-/t15-,16+,17-,18-,19-,20+,21-,22+/m1/s1. The molecule has 2 aliphatic carbocycles. The maximum atomic E-state index is 10.9. The van der Waals surface area contributed by atoms with Gasteiger partial charge >= 0.3 is 0 Å². The van der Waals surface area contributed by atoms with Crippen molar-refractivity contribution in [3.63, 3.8) is 0 Å². The fourth-order valence-electron chi connectivity index (χ4n) is 5.41. The van der Waals surface area contributed by atoms with Gasteiger partial charge in [-0.15, -0.1) is 0 Å². The smallest absolute Gasteiger partial charge is 0.194 e. The number of aliphatic hydroxyl groups is 1. The van der Waals surface area contributed by atoms with E-state index in [-0.39, 0.29) is 17.8 Å². The summed E-state index contributed by atoms with van der Waals surface area (Å²) in [6.45, 7) is 8.68. The molecule has 1 aliphatic heterocycles. The van der Waals surface area contributed by atoms with Crippen LogP contribution in [0.2, 0.25) is 0 Å². The molecule has 0 aromatic heterocycles. The first-order chi connectivity index (χ1) is 12.3. The summed E-state index contributed by atoms with van der Waals surface area (Å²) in [6.07, 6.45) is 9.64. The van der Waals surface area contributed by atoms with Crippen LogP contribution in [0.25, 0.3) is 0 Å². The molecule has 0 aromatic rings. The molecule has 2 fully saturated rings. The summed E-state index contributed by atoms with van der Waals surface area (Å²) in [4.78, 5) is 0. The zero-order valence-corrected chi connectivity index (χ0v) is 16.9. The highest BCUT2D eigenvalue weighted by Crippen LogP contribution is 2.59. The topological polar surface area (TPSA) is 47.9 Å². The number of fused-ring (bicyclic) bond motifs is 3. The maximum Gasteiger partial charge on any atom is 0.194 e. The van der Waals surface area contributed by atoms with Crippen molar-refractivity contribution in [3.8, 4) is 0 Å². The van der Waals surface area contributed by atoms with E-state index in [2.05, 4.69) is 52.0 Å². The second kappa shape index (κ2) is 7.59. The number of aliphatic hydroxyl groups excluding tert-OH is 1. The molecule has 0 bridgehead atoms. The molecule has 0 spiro atoms. The van der Waals surface area contributed by atoms with E-state index in [1.54, 1.807) is 14.2 Å². The normalized spacial score (nSPS) is 44.7. The molecule has 4 heteroatoms. The van der Waals surface area contributed by atoms with Crippen LogP contribution in [0.3, 0.4) is 0 Å². The van der Waals surface area contributed by atoms with Crippen molar-refractivity contribution < 1.29 is 19.3 Å². The fourth-order valence-corrected chi connectivity index (χ4v) is 5.41. The van der Waals surface area contributed by atoms with Gasteiger partial charge in [0.2, 0.25) is 0 Å². The first-order valence-electron chi connectivity index (χ1n) is 9.77. The van der Waals surface area contributed by atoms with E-state index < -0.39 is 18.2 Å². The van der Waals surface area contributed by atoms with E-state index in [1.165, 1.54) is 11.1 Å². The molecule has 1 N–H and O–H groups in total. The van der Waals surface area contributed by atoms with Crippen molar-refractivity contribution in [2.75, 3.05) is 14.2 Å². The van der Waals surface area contributed by atoms with Crippen LogP contribution in [-0.4, -0.2) is 37.5 Å². The number of allylic oxidation sites excluding steroid dienone is 5. The highest BCUT2D eigenvalue weighted by Gasteiger charge is 2.63. The third-order valence-electron chi connectivity index (χ3n) is 6.64. The zero-order valence-electron chi connectivity index (χ0n) is 16.9. The molecule has 3 rings (SSSR count). The molecular formula is C22H34O4. The molecule has 4 nitrogen and oxygen atoms in total. The van der Waals surface area contributed by atoms with Gasteiger partial charge < -0.3 is 19.3 Å². The first-order valence-corrected chi connectivity index (χ1v) is 9.77. The van der Waals surface area contributed by atoms with Gasteiger partial charge in [0.1, 0.15) is 0 Å². The van der Waals surface area contributed by atoms with E-state index >= 15 is 0 Å². The molecule has 0 unspecified atom stereocenters. The van der Waals surface area contributed by atoms with Crippen LogP contribution in [0, 0.1) is 29.6 Å². The van der Waals surface area contributed by atoms with Gasteiger partial charge in [-0.05, 0) is 57.4 Å². The van der Waals surface area contributed by atoms with Crippen molar-refractivity contribution in [1.29, 1.82) is 0 Å². The van der Waals surface area contributed by atoms with Gasteiger partial charge in [-0.3, -0.25) is 0 Å². The van der Waals surface area contributed by atoms with E-state index in [9.17, 15) is 5.11 Å². The Morgan fingerprint density at radius 3 is 2.58 bits per heavy atom. The number of hydrogen-bond acceptors (Lipinski definition) is 4. The number of hydrogen-bond donors (Lipinski definition) is 1. The van der Waals surface area contributed by atoms with Crippen LogP contribution < -0.4 is 0 Å². The largest absolute Gasteiger partial charge is 0.393 e. The number of rotatable bonds is 5. The molecular weight excluding hydrogens is 328 g/mol. The monoisotopic (exact) mass is 362 g/mol. The van der Waals surface area contributed by atoms with Crippen molar-refractivity contribution in [1.82, 2.24) is 0 Å². The van der Waals surface area contributed by atoms with Crippen molar-refractivity contribution in [3.05, 3.63) is 35.5 Å². The summed E-state index contributed by atoms with van der Waals surface area (Å²) in [5, 5.41) is 10.9. The quantitative estimate of drug-likeness (QED) is 0.749. The Hall–Kier alpha value is -0.940. The lowest BCUT2D eigenvalue weighted by Gasteiger charge is -2.50. The predicted molar refractivity (Wildman–Crippen MR) is 102 cm³/mol. The summed E-state index contributed by atoms with van der Waals surface area (Å²) in [5.74, 6) is 0.369. The summed E-state index contributed by atoms with van der Waals surface area (Å²) in [5.41, 5.74) is 2.69. The zero-order chi connectivity index (χ0) is 19.1. The summed E-state index contributed by atoms with van der Waals surface area (Å²) in [6, 6.07) is 0. The Kier molecular flexibility index (Phi) is 5.78. The minimum Gasteiger partial charge on any atom is -0.393 e. The second-order valence-electron chi connectivity index (χ2n) is 8.42. The third-order valence-corrected chi connectivity index (χ3v) is 6.64. The Bertz CT molecular complexity index is 603. The molecule has 1 saturated carbocycles. The van der Waals surface area contributed by atoms with Gasteiger partial charge in [-0.2, -0.15) is 0 Å². The lowest BCUT2D eigenvalue weighted by Crippen LogP contribution is -2.57. The molecule has 26 heavy (non-hydrogen) atoms. The van der Waals surface area contributed by atoms with Crippen LogP contribution in [0.4, 0.5) is 0 Å². The Morgan fingerprint density at radius 2 is 1.96 bits per heavy atom. The highest BCUT2D eigenvalue weighted by atomic mass is 16.8. The minimum absolute atomic E-state index is 0.0209. The lowest BCUT2D eigenvalue weighted by molar-refractivity contribution is -0.352. The molecule has 1 saturated heterocycles. The maximum absolute atomic E-state index is 10.9. The van der Waals surface area contributed by atoms with E-state index in [1.807, 2.05) is 0 Å². The van der Waals surface area contributed by atoms with E-state index in [0.29, 0.717) is 11.8 Å². The molecule has 1 heterocycles. The van der Waals surface area contributed by atoms with Gasteiger partial charge in [-0.25, -0.2) is 0 Å². The average molecular weight is 363 g/mol. The molecule has 0 aromatic carbocycles. The van der Waals surface area contributed by atoms with Gasteiger partial charge in [-0.1, -0.05) is 36.3 Å². The Balaban J connectivity index is 1.95. The summed E-state index contributed by atoms with van der Waals surface area (Å²) >= 11 is 0. The van der Waals surface area contributed by atoms with Crippen molar-refractivity contribution in [2.24, 2.45) is 29.6 Å². The molecule has 0 radical (unpaired) electrons. The Labute approximate surface area is 157 Å². The summed E-state index contributed by atoms with van der Waals surface area (Å²) in [7, 11) is 3.37. The lowest BCUT2D eigenvalue weighted by atomic mass is 9.68. The van der Waals surface area contributed by atoms with Gasteiger partial charge in [0, 0.05) is 26.1 Å². The van der Waals surface area contributed by atoms with Crippen molar-refractivity contribution in [2.45, 2.75) is 58.7 Å². The predicted octanol–water partition coefficient (Wildman–Crippen LogP) is 4.07. The third kappa shape index (κ3) is 3.22. The molecule has 0 amide bonds. The average Bonchev–Trinajstić information content (AvgIpc) is 3.12. The van der Waals surface area contributed by atoms with Crippen LogP contribution in [0.15, 0.2) is 35.5 Å². The van der Waals surface area contributed by atoms with Gasteiger partial charge in [0.15, 0.2) is 12.1 Å².